The van der Waals surface area contributed by atoms with Crippen molar-refractivity contribution in [1.82, 2.24) is 15.3 Å². The molecule has 0 bridgehead atoms. The van der Waals surface area contributed by atoms with Crippen LogP contribution in [0.2, 0.25) is 5.02 Å². The summed E-state index contributed by atoms with van der Waals surface area (Å²) in [6, 6.07) is 13.6. The molecule has 6 nitrogen and oxygen atoms in total. The van der Waals surface area contributed by atoms with Gasteiger partial charge < -0.3 is 20.3 Å². The minimum atomic E-state index is 0.324. The summed E-state index contributed by atoms with van der Waals surface area (Å²) in [6.07, 6.45) is 7.21. The monoisotopic (exact) mass is 453 g/mol. The summed E-state index contributed by atoms with van der Waals surface area (Å²) in [4.78, 5) is 10.9. The van der Waals surface area contributed by atoms with Gasteiger partial charge in [-0.3, -0.25) is 4.98 Å². The van der Waals surface area contributed by atoms with Gasteiger partial charge in [0.05, 0.1) is 11.9 Å². The Morgan fingerprint density at radius 3 is 2.68 bits per heavy atom. The number of benzene rings is 1. The number of thiocarbonyl (C=S) groups is 1. The quantitative estimate of drug-likeness (QED) is 0.515. The van der Waals surface area contributed by atoms with Crippen LogP contribution in [0, 0.1) is 6.92 Å². The molecule has 0 radical (unpaired) electrons. The zero-order valence-corrected chi connectivity index (χ0v) is 18.8. The Kier molecular flexibility index (Phi) is 6.84. The molecule has 0 saturated carbocycles. The Balaban J connectivity index is 1.31. The van der Waals surface area contributed by atoms with Gasteiger partial charge in [0, 0.05) is 42.6 Å². The van der Waals surface area contributed by atoms with Crippen molar-refractivity contribution in [2.75, 3.05) is 23.3 Å². The highest BCUT2D eigenvalue weighted by atomic mass is 35.5. The van der Waals surface area contributed by atoms with Gasteiger partial charge in [-0.05, 0) is 73.9 Å². The molecule has 0 amide bonds. The largest absolute Gasteiger partial charge is 0.457 e. The molecule has 1 aromatic carbocycles. The predicted molar refractivity (Wildman–Crippen MR) is 129 cm³/mol. The molecular formula is C23H24ClN5OS. The molecule has 0 unspecified atom stereocenters. The van der Waals surface area contributed by atoms with Crippen molar-refractivity contribution in [3.63, 3.8) is 0 Å². The van der Waals surface area contributed by atoms with E-state index in [1.54, 1.807) is 18.6 Å². The van der Waals surface area contributed by atoms with E-state index < -0.39 is 0 Å². The summed E-state index contributed by atoms with van der Waals surface area (Å²) < 4.78 is 6.01. The average Bonchev–Trinajstić information content (AvgIpc) is 2.78. The molecule has 4 rings (SSSR count). The molecule has 1 saturated heterocycles. The maximum absolute atomic E-state index is 6.10. The van der Waals surface area contributed by atoms with Crippen molar-refractivity contribution in [2.45, 2.75) is 25.8 Å². The van der Waals surface area contributed by atoms with E-state index in [0.717, 1.165) is 59.5 Å². The molecule has 0 spiro atoms. The Labute approximate surface area is 192 Å². The van der Waals surface area contributed by atoms with Crippen LogP contribution in [-0.4, -0.2) is 34.2 Å². The molecule has 3 aromatic rings. The lowest BCUT2D eigenvalue weighted by molar-refractivity contribution is 0.462. The maximum Gasteiger partial charge on any atom is 0.171 e. The number of halogens is 1. The van der Waals surface area contributed by atoms with Crippen LogP contribution < -0.4 is 20.3 Å². The molecule has 1 fully saturated rings. The summed E-state index contributed by atoms with van der Waals surface area (Å²) in [5.74, 6) is 2.43. The third-order valence-electron chi connectivity index (χ3n) is 5.16. The maximum atomic E-state index is 6.10. The number of piperidine rings is 1. The van der Waals surface area contributed by atoms with Crippen LogP contribution in [0.25, 0.3) is 0 Å². The second-order valence-corrected chi connectivity index (χ2v) is 8.28. The first-order chi connectivity index (χ1) is 15.1. The smallest absolute Gasteiger partial charge is 0.171 e. The zero-order chi connectivity index (χ0) is 21.6. The highest BCUT2D eigenvalue weighted by Crippen LogP contribution is 2.28. The number of aryl methyl sites for hydroxylation is 1. The van der Waals surface area contributed by atoms with Crippen LogP contribution in [0.15, 0.2) is 61.1 Å². The van der Waals surface area contributed by atoms with Crippen molar-refractivity contribution >= 4 is 40.4 Å². The van der Waals surface area contributed by atoms with Crippen molar-refractivity contribution in [3.05, 3.63) is 71.6 Å². The van der Waals surface area contributed by atoms with Crippen molar-refractivity contribution in [1.29, 1.82) is 0 Å². The number of pyridine rings is 2. The second kappa shape index (κ2) is 9.94. The summed E-state index contributed by atoms with van der Waals surface area (Å²) in [5, 5.41) is 7.93. The Morgan fingerprint density at radius 1 is 1.13 bits per heavy atom. The van der Waals surface area contributed by atoms with Crippen LogP contribution in [0.4, 0.5) is 11.5 Å². The summed E-state index contributed by atoms with van der Waals surface area (Å²) in [6.45, 7) is 3.75. The van der Waals surface area contributed by atoms with E-state index in [9.17, 15) is 0 Å². The van der Waals surface area contributed by atoms with Crippen molar-refractivity contribution in [2.24, 2.45) is 0 Å². The first-order valence-corrected chi connectivity index (χ1v) is 11.0. The lowest BCUT2D eigenvalue weighted by Crippen LogP contribution is -2.46. The fourth-order valence-corrected chi connectivity index (χ4v) is 3.90. The number of rotatable bonds is 5. The number of hydrogen-bond acceptors (Lipinski definition) is 5. The Hall–Kier alpha value is -2.90. The molecular weight excluding hydrogens is 430 g/mol. The lowest BCUT2D eigenvalue weighted by Gasteiger charge is -2.33. The van der Waals surface area contributed by atoms with Gasteiger partial charge in [-0.2, -0.15) is 0 Å². The first kappa shape index (κ1) is 21.3. The predicted octanol–water partition coefficient (Wildman–Crippen LogP) is 5.19. The van der Waals surface area contributed by atoms with Gasteiger partial charge in [0.25, 0.3) is 0 Å². The average molecular weight is 454 g/mol. The number of hydrogen-bond donors (Lipinski definition) is 2. The molecule has 0 aliphatic carbocycles. The zero-order valence-electron chi connectivity index (χ0n) is 17.2. The van der Waals surface area contributed by atoms with E-state index in [-0.39, 0.29) is 0 Å². The number of anilines is 2. The van der Waals surface area contributed by atoms with Crippen LogP contribution >= 0.6 is 23.8 Å². The lowest BCUT2D eigenvalue weighted by atomic mass is 10.1. The molecule has 2 aromatic heterocycles. The van der Waals surface area contributed by atoms with Crippen molar-refractivity contribution in [3.8, 4) is 11.5 Å². The van der Waals surface area contributed by atoms with Gasteiger partial charge in [0.2, 0.25) is 0 Å². The molecule has 0 atom stereocenters. The standard InChI is InChI=1S/C23H24ClN5OS/c1-16-13-19(4-5-21(16)24)30-20-6-10-26-22(14-20)29-11-7-17(8-12-29)27-23(31)28-18-3-2-9-25-15-18/h2-6,9-10,13-15,17H,7-8,11-12H2,1H3,(H2,27,28,31). The fraction of sp³-hybridized carbons (Fsp3) is 0.261. The van der Waals surface area contributed by atoms with Gasteiger partial charge in [-0.1, -0.05) is 11.6 Å². The Bertz CT molecular complexity index is 1040. The fourth-order valence-electron chi connectivity index (χ4n) is 3.50. The molecule has 8 heteroatoms. The van der Waals surface area contributed by atoms with E-state index in [4.69, 9.17) is 28.6 Å². The van der Waals surface area contributed by atoms with Crippen LogP contribution in [0.3, 0.4) is 0 Å². The first-order valence-electron chi connectivity index (χ1n) is 10.2. The molecule has 1 aliphatic rings. The summed E-state index contributed by atoms with van der Waals surface area (Å²) in [7, 11) is 0. The number of nitrogens with one attached hydrogen (secondary N) is 2. The van der Waals surface area contributed by atoms with E-state index in [1.165, 1.54) is 0 Å². The Morgan fingerprint density at radius 2 is 1.94 bits per heavy atom. The third-order valence-corrected chi connectivity index (χ3v) is 5.80. The summed E-state index contributed by atoms with van der Waals surface area (Å²) in [5.41, 5.74) is 1.87. The third kappa shape index (κ3) is 5.83. The molecule has 31 heavy (non-hydrogen) atoms. The van der Waals surface area contributed by atoms with Gasteiger partial charge in [-0.25, -0.2) is 4.98 Å². The van der Waals surface area contributed by atoms with E-state index in [2.05, 4.69) is 25.5 Å². The van der Waals surface area contributed by atoms with E-state index in [0.29, 0.717) is 11.2 Å². The molecule has 2 N–H and O–H groups in total. The number of ether oxygens (including phenoxy) is 1. The van der Waals surface area contributed by atoms with Crippen LogP contribution in [-0.2, 0) is 0 Å². The molecule has 1 aliphatic heterocycles. The highest BCUT2D eigenvalue weighted by Gasteiger charge is 2.21. The van der Waals surface area contributed by atoms with Crippen molar-refractivity contribution < 1.29 is 4.74 Å². The number of nitrogens with zero attached hydrogens (tertiary/aromatic N) is 3. The van der Waals surface area contributed by atoms with Gasteiger partial charge >= 0.3 is 0 Å². The van der Waals surface area contributed by atoms with Crippen LogP contribution in [0.1, 0.15) is 18.4 Å². The minimum Gasteiger partial charge on any atom is -0.457 e. The minimum absolute atomic E-state index is 0.324. The SMILES string of the molecule is Cc1cc(Oc2ccnc(N3CCC(NC(=S)Nc4cccnc4)CC3)c2)ccc1Cl. The molecule has 3 heterocycles. The second-order valence-electron chi connectivity index (χ2n) is 7.46. The van der Waals surface area contributed by atoms with Crippen LogP contribution in [0.5, 0.6) is 11.5 Å². The van der Waals surface area contributed by atoms with Gasteiger partial charge in [-0.15, -0.1) is 0 Å². The summed E-state index contributed by atoms with van der Waals surface area (Å²) >= 11 is 11.5. The van der Waals surface area contributed by atoms with Gasteiger partial charge in [0.15, 0.2) is 5.11 Å². The number of aromatic nitrogens is 2. The van der Waals surface area contributed by atoms with E-state index >= 15 is 0 Å². The normalized spacial score (nSPS) is 14.2. The highest BCUT2D eigenvalue weighted by molar-refractivity contribution is 7.80. The van der Waals surface area contributed by atoms with Gasteiger partial charge in [0.1, 0.15) is 17.3 Å². The van der Waals surface area contributed by atoms with E-state index in [1.807, 2.05) is 49.4 Å². The topological polar surface area (TPSA) is 62.3 Å². The molecule has 160 valence electrons.